The lowest BCUT2D eigenvalue weighted by molar-refractivity contribution is 0.242. The number of ether oxygens (including phenoxy) is 2. The highest BCUT2D eigenvalue weighted by Gasteiger charge is 2.16. The molecule has 0 fully saturated rings. The number of benzene rings is 2. The molecule has 3 heterocycles. The van der Waals surface area contributed by atoms with Gasteiger partial charge in [-0.2, -0.15) is 5.10 Å². The molecule has 35 heavy (non-hydrogen) atoms. The molecule has 0 unspecified atom stereocenters. The van der Waals surface area contributed by atoms with E-state index in [1.54, 1.807) is 34.7 Å². The van der Waals surface area contributed by atoms with Gasteiger partial charge in [0.15, 0.2) is 0 Å². The molecule has 0 spiro atoms. The monoisotopic (exact) mass is 470 g/mol. The Hall–Kier alpha value is -4.33. The number of para-hydroxylation sites is 1. The van der Waals surface area contributed by atoms with E-state index in [1.807, 2.05) is 69.3 Å². The quantitative estimate of drug-likeness (QED) is 0.334. The molecule has 3 aromatic heterocycles. The van der Waals surface area contributed by atoms with Crippen LogP contribution in [0.3, 0.4) is 0 Å². The molecule has 0 aliphatic carbocycles. The van der Waals surface area contributed by atoms with Gasteiger partial charge in [-0.3, -0.25) is 4.79 Å². The van der Waals surface area contributed by atoms with Crippen LogP contribution in [0.15, 0.2) is 76.2 Å². The summed E-state index contributed by atoms with van der Waals surface area (Å²) < 4.78 is 20.3. The molecule has 5 aromatic rings. The molecule has 0 radical (unpaired) electrons. The summed E-state index contributed by atoms with van der Waals surface area (Å²) in [5.41, 5.74) is 3.33. The van der Waals surface area contributed by atoms with Gasteiger partial charge in [0, 0.05) is 23.5 Å². The van der Waals surface area contributed by atoms with E-state index < -0.39 is 0 Å². The Morgan fingerprint density at radius 1 is 1.06 bits per heavy atom. The molecule has 0 saturated carbocycles. The SMILES string of the molecule is COc1ccccc1-c1cc2c(=O)n(Cc3nc(-c4ccc(OC(C)C)cc4)oc3C)ccn2n1. The zero-order valence-electron chi connectivity index (χ0n) is 20.1. The number of aromatic nitrogens is 4. The molecule has 8 heteroatoms. The number of aryl methyl sites for hydroxylation is 1. The molecule has 0 aliphatic rings. The maximum absolute atomic E-state index is 13.2. The number of fused-ring (bicyclic) bond motifs is 1. The first-order valence-electron chi connectivity index (χ1n) is 11.4. The van der Waals surface area contributed by atoms with Crippen molar-refractivity contribution in [1.29, 1.82) is 0 Å². The summed E-state index contributed by atoms with van der Waals surface area (Å²) in [4.78, 5) is 17.9. The maximum Gasteiger partial charge on any atom is 0.276 e. The van der Waals surface area contributed by atoms with Gasteiger partial charge in [0.05, 0.1) is 25.5 Å². The number of nitrogens with zero attached hydrogens (tertiary/aromatic N) is 4. The molecule has 178 valence electrons. The second-order valence-electron chi connectivity index (χ2n) is 8.50. The van der Waals surface area contributed by atoms with Gasteiger partial charge in [-0.1, -0.05) is 12.1 Å². The molecule has 0 amide bonds. The molecule has 0 bridgehead atoms. The maximum atomic E-state index is 13.2. The van der Waals surface area contributed by atoms with Gasteiger partial charge < -0.3 is 18.5 Å². The fraction of sp³-hybridized carbons (Fsp3) is 0.222. The van der Waals surface area contributed by atoms with Crippen molar-refractivity contribution >= 4 is 5.52 Å². The Balaban J connectivity index is 1.43. The van der Waals surface area contributed by atoms with Crippen LogP contribution in [-0.2, 0) is 6.54 Å². The highest BCUT2D eigenvalue weighted by Crippen LogP contribution is 2.29. The van der Waals surface area contributed by atoms with Crippen LogP contribution in [0.4, 0.5) is 0 Å². The Kier molecular flexibility index (Phi) is 5.86. The molecule has 8 nitrogen and oxygen atoms in total. The van der Waals surface area contributed by atoms with E-state index in [2.05, 4.69) is 10.1 Å². The van der Waals surface area contributed by atoms with Crippen LogP contribution in [0.2, 0.25) is 0 Å². The van der Waals surface area contributed by atoms with Crippen molar-refractivity contribution in [3.8, 4) is 34.2 Å². The third-order valence-corrected chi connectivity index (χ3v) is 5.67. The summed E-state index contributed by atoms with van der Waals surface area (Å²) in [5.74, 6) is 2.66. The zero-order valence-corrected chi connectivity index (χ0v) is 20.1. The highest BCUT2D eigenvalue weighted by atomic mass is 16.5. The third-order valence-electron chi connectivity index (χ3n) is 5.67. The van der Waals surface area contributed by atoms with Crippen LogP contribution in [0.5, 0.6) is 11.5 Å². The molecule has 0 atom stereocenters. The van der Waals surface area contributed by atoms with E-state index in [-0.39, 0.29) is 18.2 Å². The van der Waals surface area contributed by atoms with Gasteiger partial charge in [-0.25, -0.2) is 9.50 Å². The second-order valence-corrected chi connectivity index (χ2v) is 8.50. The standard InChI is InChI=1S/C27H26N4O4/c1-17(2)34-20-11-9-19(10-12-20)26-28-23(18(3)35-26)16-30-13-14-31-24(27(30)32)15-22(29-31)21-7-5-6-8-25(21)33-4/h5-15,17H,16H2,1-4H3. The number of rotatable bonds is 7. The Morgan fingerprint density at radius 3 is 2.57 bits per heavy atom. The van der Waals surface area contributed by atoms with Gasteiger partial charge in [-0.05, 0) is 63.2 Å². The van der Waals surface area contributed by atoms with Crippen molar-refractivity contribution in [3.05, 3.63) is 88.8 Å². The van der Waals surface area contributed by atoms with Crippen molar-refractivity contribution in [1.82, 2.24) is 19.2 Å². The van der Waals surface area contributed by atoms with Crippen molar-refractivity contribution in [3.63, 3.8) is 0 Å². The van der Waals surface area contributed by atoms with E-state index in [9.17, 15) is 4.79 Å². The van der Waals surface area contributed by atoms with Crippen LogP contribution in [0, 0.1) is 6.92 Å². The van der Waals surface area contributed by atoms with Crippen molar-refractivity contribution in [2.45, 2.75) is 33.4 Å². The van der Waals surface area contributed by atoms with Crippen LogP contribution < -0.4 is 15.0 Å². The molecular formula is C27H26N4O4. The summed E-state index contributed by atoms with van der Waals surface area (Å²) in [6, 6.07) is 17.0. The van der Waals surface area contributed by atoms with Crippen molar-refractivity contribution < 1.29 is 13.9 Å². The lowest BCUT2D eigenvalue weighted by Gasteiger charge is -2.09. The van der Waals surface area contributed by atoms with E-state index in [0.29, 0.717) is 34.3 Å². The van der Waals surface area contributed by atoms with Gasteiger partial charge in [0.25, 0.3) is 5.56 Å². The van der Waals surface area contributed by atoms with Gasteiger partial charge >= 0.3 is 0 Å². The fourth-order valence-electron chi connectivity index (χ4n) is 3.95. The van der Waals surface area contributed by atoms with Crippen LogP contribution in [0.1, 0.15) is 25.3 Å². The average Bonchev–Trinajstić information content (AvgIpc) is 3.45. The number of hydrogen-bond acceptors (Lipinski definition) is 6. The average molecular weight is 471 g/mol. The van der Waals surface area contributed by atoms with E-state index in [1.165, 1.54) is 0 Å². The fourth-order valence-corrected chi connectivity index (χ4v) is 3.95. The molecule has 0 aliphatic heterocycles. The predicted octanol–water partition coefficient (Wildman–Crippen LogP) is 4.97. The lowest BCUT2D eigenvalue weighted by Crippen LogP contribution is -2.22. The Morgan fingerprint density at radius 2 is 1.83 bits per heavy atom. The molecule has 0 saturated heterocycles. The normalized spacial score (nSPS) is 11.3. The largest absolute Gasteiger partial charge is 0.496 e. The van der Waals surface area contributed by atoms with Gasteiger partial charge in [0.2, 0.25) is 5.89 Å². The molecule has 0 N–H and O–H groups in total. The summed E-state index contributed by atoms with van der Waals surface area (Å²) >= 11 is 0. The Bertz CT molecular complexity index is 1540. The van der Waals surface area contributed by atoms with Crippen LogP contribution in [0.25, 0.3) is 28.2 Å². The summed E-state index contributed by atoms with van der Waals surface area (Å²) in [5, 5.41) is 4.57. The first-order chi connectivity index (χ1) is 16.9. The molecule has 5 rings (SSSR count). The minimum atomic E-state index is -0.166. The van der Waals surface area contributed by atoms with Crippen molar-refractivity contribution in [2.75, 3.05) is 7.11 Å². The number of methoxy groups -OCH3 is 1. The number of oxazole rings is 1. The number of hydrogen-bond donors (Lipinski definition) is 0. The van der Waals surface area contributed by atoms with Crippen molar-refractivity contribution in [2.24, 2.45) is 0 Å². The summed E-state index contributed by atoms with van der Waals surface area (Å²) in [6.45, 7) is 6.11. The first kappa shape index (κ1) is 22.5. The summed E-state index contributed by atoms with van der Waals surface area (Å²) in [7, 11) is 1.62. The molecule has 2 aromatic carbocycles. The zero-order chi connectivity index (χ0) is 24.5. The predicted molar refractivity (Wildman–Crippen MR) is 133 cm³/mol. The van der Waals surface area contributed by atoms with E-state index >= 15 is 0 Å². The smallest absolute Gasteiger partial charge is 0.276 e. The van der Waals surface area contributed by atoms with Gasteiger partial charge in [0.1, 0.15) is 28.5 Å². The highest BCUT2D eigenvalue weighted by molar-refractivity contribution is 5.71. The van der Waals surface area contributed by atoms with E-state index in [4.69, 9.17) is 13.9 Å². The lowest BCUT2D eigenvalue weighted by atomic mass is 10.1. The minimum absolute atomic E-state index is 0.105. The molecular weight excluding hydrogens is 444 g/mol. The van der Waals surface area contributed by atoms with Crippen LogP contribution in [-0.4, -0.2) is 32.4 Å². The first-order valence-corrected chi connectivity index (χ1v) is 11.4. The van der Waals surface area contributed by atoms with Crippen LogP contribution >= 0.6 is 0 Å². The topological polar surface area (TPSA) is 83.8 Å². The van der Waals surface area contributed by atoms with E-state index in [0.717, 1.165) is 16.9 Å². The second kappa shape index (κ2) is 9.13. The van der Waals surface area contributed by atoms with Gasteiger partial charge in [-0.15, -0.1) is 0 Å². The minimum Gasteiger partial charge on any atom is -0.496 e. The summed E-state index contributed by atoms with van der Waals surface area (Å²) in [6.07, 6.45) is 3.58. The Labute approximate surface area is 202 Å². The third kappa shape index (κ3) is 4.42.